The zero-order chi connectivity index (χ0) is 34.2. The van der Waals surface area contributed by atoms with Gasteiger partial charge in [-0.1, -0.05) is 92.0 Å². The third kappa shape index (κ3) is 11.9. The first-order valence-corrected chi connectivity index (χ1v) is 18.1. The van der Waals surface area contributed by atoms with Gasteiger partial charge in [-0.2, -0.15) is 0 Å². The van der Waals surface area contributed by atoms with Gasteiger partial charge in [-0.3, -0.25) is 9.98 Å². The number of rotatable bonds is 15. The van der Waals surface area contributed by atoms with Gasteiger partial charge in [0.25, 0.3) is 0 Å². The van der Waals surface area contributed by atoms with E-state index in [0.717, 1.165) is 92.1 Å². The zero-order valence-electron chi connectivity index (χ0n) is 30.4. The summed E-state index contributed by atoms with van der Waals surface area (Å²) in [6, 6.07) is 20.9. The molecule has 2 N–H and O–H groups in total. The molecule has 0 heterocycles. The van der Waals surface area contributed by atoms with Gasteiger partial charge in [0.05, 0.1) is 17.1 Å². The molecule has 0 aromatic heterocycles. The second-order valence-electron chi connectivity index (χ2n) is 12.5. The topological polar surface area (TPSA) is 65.2 Å². The van der Waals surface area contributed by atoms with Crippen LogP contribution in [-0.2, 0) is 55.0 Å². The van der Waals surface area contributed by atoms with Gasteiger partial charge in [0, 0.05) is 22.7 Å². The maximum absolute atomic E-state index is 9.67. The first-order chi connectivity index (χ1) is 22.8. The van der Waals surface area contributed by atoms with Gasteiger partial charge in [-0.15, -0.1) is 0 Å². The number of unbranched alkanes of at least 4 members (excludes halogenated alkanes) is 2. The van der Waals surface area contributed by atoms with E-state index in [1.807, 2.05) is 6.21 Å². The molecule has 4 aromatic rings. The van der Waals surface area contributed by atoms with Crippen molar-refractivity contribution in [2.24, 2.45) is 9.98 Å². The molecule has 0 aliphatic rings. The molecule has 0 radical (unpaired) electrons. The Bertz CT molecular complexity index is 1640. The van der Waals surface area contributed by atoms with Crippen LogP contribution in [0, 0.1) is 0 Å². The molecule has 0 unspecified atom stereocenters. The Hall–Kier alpha value is -3.43. The molecule has 262 valence electrons. The van der Waals surface area contributed by atoms with Crippen molar-refractivity contribution >= 4 is 34.1 Å². The first kappa shape index (κ1) is 40.7. The number of aryl methyl sites for hydroxylation is 6. The van der Waals surface area contributed by atoms with Crippen LogP contribution in [0.5, 0.6) is 11.5 Å². The predicted molar refractivity (Wildman–Crippen MR) is 205 cm³/mol. The van der Waals surface area contributed by atoms with Crippen molar-refractivity contribution < 1.29 is 26.7 Å². The van der Waals surface area contributed by atoms with E-state index in [9.17, 15) is 10.2 Å². The van der Waals surface area contributed by atoms with Crippen LogP contribution >= 0.6 is 0 Å². The van der Waals surface area contributed by atoms with Crippen LogP contribution in [0.2, 0.25) is 0 Å². The summed E-state index contributed by atoms with van der Waals surface area (Å²) in [5, 5.41) is 21.4. The molecule has 48 heavy (non-hydrogen) atoms. The molecule has 0 aliphatic heterocycles. The smallest absolute Gasteiger partial charge is 0.158 e. The van der Waals surface area contributed by atoms with Gasteiger partial charge in [0.2, 0.25) is 0 Å². The van der Waals surface area contributed by atoms with Gasteiger partial charge < -0.3 is 10.2 Å². The van der Waals surface area contributed by atoms with E-state index in [1.165, 1.54) is 46.2 Å². The van der Waals surface area contributed by atoms with Gasteiger partial charge >= 0.3 is 0 Å². The maximum atomic E-state index is 9.67. The zero-order valence-corrected chi connectivity index (χ0v) is 31.4. The molecule has 4 aromatic carbocycles. The fraction of sp³-hybridized carbons (Fsp3) is 0.442. The van der Waals surface area contributed by atoms with Gasteiger partial charge in [0.1, 0.15) is 0 Å². The molecule has 0 saturated carbocycles. The molecule has 4 rings (SSSR count). The molecule has 0 amide bonds. The summed E-state index contributed by atoms with van der Waals surface area (Å²) in [5.74, 6) is -0.0752. The van der Waals surface area contributed by atoms with Crippen LogP contribution in [0.1, 0.15) is 120 Å². The van der Waals surface area contributed by atoms with Gasteiger partial charge in [-0.05, 0) is 138 Å². The third-order valence-corrected chi connectivity index (χ3v) is 8.86. The second-order valence-corrected chi connectivity index (χ2v) is 12.5. The van der Waals surface area contributed by atoms with Crippen LogP contribution in [0.4, 0.5) is 11.4 Å². The van der Waals surface area contributed by atoms with E-state index >= 15 is 0 Å². The Morgan fingerprint density at radius 3 is 1.75 bits per heavy atom. The Morgan fingerprint density at radius 1 is 0.583 bits per heavy atom. The molecule has 0 spiro atoms. The monoisotopic (exact) mass is 692 g/mol. The minimum atomic E-state index is -0.0393. The summed E-state index contributed by atoms with van der Waals surface area (Å²) in [6.07, 6.45) is 15.0. The first-order valence-electron chi connectivity index (χ1n) is 18.1. The second kappa shape index (κ2) is 21.5. The van der Waals surface area contributed by atoms with Crippen LogP contribution in [0.15, 0.2) is 70.6 Å². The average molecular weight is 694 g/mol. The number of fused-ring (bicyclic) bond motifs is 1. The number of aromatic hydroxyl groups is 2. The van der Waals surface area contributed by atoms with E-state index in [1.54, 1.807) is 12.1 Å². The molecule has 0 aliphatic carbocycles. The van der Waals surface area contributed by atoms with Gasteiger partial charge in [-0.25, -0.2) is 0 Å². The standard InChI is InChI=1S/C26H36N2.C17H22O2.Ni/c1-6-11-12-26(28-25-16-14-21(8-3)23(10-5)18-25)19-27-24-15-13-20(7-2)22(9-4)17-24;1-3-5-7-12-8-13(6-4-2)15-11-17(19)16(18)10-14(15)9-12;/h13-19H,6-12H2,1-5H3;8-11,18-19H,3-7H2,1-2H3;. The Morgan fingerprint density at radius 2 is 1.17 bits per heavy atom. The maximum Gasteiger partial charge on any atom is 0.158 e. The minimum Gasteiger partial charge on any atom is -0.504 e. The summed E-state index contributed by atoms with van der Waals surface area (Å²) < 4.78 is 0. The van der Waals surface area contributed by atoms with Crippen molar-refractivity contribution in [2.45, 2.75) is 126 Å². The minimum absolute atomic E-state index is 0. The number of phenols is 2. The van der Waals surface area contributed by atoms with E-state index in [4.69, 9.17) is 9.98 Å². The van der Waals surface area contributed by atoms with Gasteiger partial charge in [0.15, 0.2) is 11.5 Å². The summed E-state index contributed by atoms with van der Waals surface area (Å²) in [5.41, 5.74) is 11.4. The molecule has 0 fully saturated rings. The Labute approximate surface area is 300 Å². The molecule has 0 bridgehead atoms. The normalized spacial score (nSPS) is 11.4. The SMILES string of the molecule is CCCCC(C=Nc1ccc(CC)c(CC)c1)=Nc1ccc(CC)c(CC)c1.CCCCc1cc(CCC)c2cc(O)c(O)cc2c1.[Ni]. The van der Waals surface area contributed by atoms with Crippen molar-refractivity contribution in [3.63, 3.8) is 0 Å². The van der Waals surface area contributed by atoms with Crippen molar-refractivity contribution in [3.8, 4) is 11.5 Å². The van der Waals surface area contributed by atoms with E-state index < -0.39 is 0 Å². The molecule has 5 heteroatoms. The van der Waals surface area contributed by atoms with Crippen LogP contribution in [0.3, 0.4) is 0 Å². The largest absolute Gasteiger partial charge is 0.504 e. The number of hydrogen-bond donors (Lipinski definition) is 2. The predicted octanol–water partition coefficient (Wildman–Crippen LogP) is 12.1. The number of hydrogen-bond acceptors (Lipinski definition) is 4. The van der Waals surface area contributed by atoms with E-state index in [2.05, 4.69) is 97.0 Å². The quantitative estimate of drug-likeness (QED) is 0.0739. The van der Waals surface area contributed by atoms with Crippen molar-refractivity contribution in [1.82, 2.24) is 0 Å². The van der Waals surface area contributed by atoms with Crippen LogP contribution in [-0.4, -0.2) is 22.1 Å². The third-order valence-electron chi connectivity index (χ3n) is 8.86. The van der Waals surface area contributed by atoms with Crippen molar-refractivity contribution in [2.75, 3.05) is 0 Å². The molecule has 4 nitrogen and oxygen atoms in total. The molecular weight excluding hydrogens is 635 g/mol. The summed E-state index contributed by atoms with van der Waals surface area (Å²) >= 11 is 0. The number of phenolic OH excluding ortho intramolecular Hbond substituents is 2. The Balaban J connectivity index is 0.000000349. The number of aliphatic imine (C=N–C) groups is 2. The summed E-state index contributed by atoms with van der Waals surface area (Å²) in [7, 11) is 0. The number of benzene rings is 4. The molecule has 0 atom stereocenters. The Kier molecular flexibility index (Phi) is 18.3. The van der Waals surface area contributed by atoms with E-state index in [-0.39, 0.29) is 28.0 Å². The van der Waals surface area contributed by atoms with E-state index in [0.29, 0.717) is 0 Å². The van der Waals surface area contributed by atoms with Crippen LogP contribution in [0.25, 0.3) is 10.8 Å². The van der Waals surface area contributed by atoms with Crippen molar-refractivity contribution in [3.05, 3.63) is 94.0 Å². The average Bonchev–Trinajstić information content (AvgIpc) is 3.09. The number of nitrogens with zero attached hydrogens (tertiary/aromatic N) is 2. The summed E-state index contributed by atoms with van der Waals surface area (Å²) in [6.45, 7) is 15.4. The fourth-order valence-corrected chi connectivity index (χ4v) is 6.08. The molecular formula is C43H58N2NiO2. The molecule has 0 saturated heterocycles. The van der Waals surface area contributed by atoms with Crippen LogP contribution < -0.4 is 0 Å². The van der Waals surface area contributed by atoms with Crippen molar-refractivity contribution in [1.29, 1.82) is 0 Å². The fourth-order valence-electron chi connectivity index (χ4n) is 6.08. The summed E-state index contributed by atoms with van der Waals surface area (Å²) in [4.78, 5) is 9.70.